The first-order valence-corrected chi connectivity index (χ1v) is 3.42. The SMILES string of the molecule is O=C([O-])CS.O=C([O-])CS.[Ca+2].[Ca+2]. The van der Waals surface area contributed by atoms with Gasteiger partial charge in [-0.15, -0.1) is 0 Å². The fourth-order valence-corrected chi connectivity index (χ4v) is 0. The van der Waals surface area contributed by atoms with Crippen molar-refractivity contribution in [3.8, 4) is 0 Å². The first-order chi connectivity index (χ1) is 4.54. The van der Waals surface area contributed by atoms with Crippen molar-refractivity contribution in [2.75, 3.05) is 11.5 Å². The van der Waals surface area contributed by atoms with E-state index in [1.165, 1.54) is 0 Å². The van der Waals surface area contributed by atoms with E-state index in [1.54, 1.807) is 0 Å². The van der Waals surface area contributed by atoms with Crippen LogP contribution in [0, 0.1) is 0 Å². The molecule has 60 valence electrons. The number of hydrogen-bond donors (Lipinski definition) is 2. The first kappa shape index (κ1) is 23.8. The van der Waals surface area contributed by atoms with E-state index in [2.05, 4.69) is 25.3 Å². The molecule has 0 aliphatic carbocycles. The average molecular weight is 262 g/mol. The maximum absolute atomic E-state index is 9.18. The molecular weight excluding hydrogens is 256 g/mol. The predicted octanol–water partition coefficient (Wildman–Crippen LogP) is -3.43. The average Bonchev–Trinajstić information content (AvgIpc) is 1.89. The molecule has 0 aliphatic rings. The topological polar surface area (TPSA) is 80.3 Å². The van der Waals surface area contributed by atoms with E-state index in [9.17, 15) is 19.8 Å². The van der Waals surface area contributed by atoms with Gasteiger partial charge in [-0.1, -0.05) is 0 Å². The minimum Gasteiger partial charge on any atom is -0.549 e. The number of carboxylic acid groups (broad SMARTS) is 2. The third-order valence-electron chi connectivity index (χ3n) is 0.258. The fourth-order valence-electron chi connectivity index (χ4n) is 0. The number of carbonyl (C=O) groups excluding carboxylic acids is 2. The summed E-state index contributed by atoms with van der Waals surface area (Å²) in [7, 11) is 0. The summed E-state index contributed by atoms with van der Waals surface area (Å²) in [6, 6.07) is 0. The van der Waals surface area contributed by atoms with Gasteiger partial charge in [0.25, 0.3) is 0 Å². The third kappa shape index (κ3) is 39.9. The van der Waals surface area contributed by atoms with Crippen LogP contribution in [0.1, 0.15) is 0 Å². The van der Waals surface area contributed by atoms with Crippen LogP contribution < -0.4 is 10.2 Å². The first-order valence-electron chi connectivity index (χ1n) is 2.16. The third-order valence-corrected chi connectivity index (χ3v) is 0.775. The van der Waals surface area contributed by atoms with Gasteiger partial charge in [0.1, 0.15) is 0 Å². The number of rotatable bonds is 2. The number of thiol groups is 2. The monoisotopic (exact) mass is 262 g/mol. The van der Waals surface area contributed by atoms with Crippen molar-refractivity contribution in [2.24, 2.45) is 0 Å². The maximum atomic E-state index is 9.18. The second-order valence-corrected chi connectivity index (χ2v) is 1.69. The van der Waals surface area contributed by atoms with Gasteiger partial charge in [0.15, 0.2) is 0 Å². The molecule has 0 saturated heterocycles. The van der Waals surface area contributed by atoms with Crippen LogP contribution in [0.25, 0.3) is 0 Å². The van der Waals surface area contributed by atoms with Gasteiger partial charge in [0.05, 0.1) is 11.9 Å². The van der Waals surface area contributed by atoms with Gasteiger partial charge in [0, 0.05) is 11.5 Å². The fraction of sp³-hybridized carbons (Fsp3) is 0.500. The second kappa shape index (κ2) is 18.9. The Labute approximate surface area is 141 Å². The van der Waals surface area contributed by atoms with Gasteiger partial charge in [-0.3, -0.25) is 0 Å². The van der Waals surface area contributed by atoms with E-state index in [1.807, 2.05) is 0 Å². The van der Waals surface area contributed by atoms with Crippen molar-refractivity contribution in [3.63, 3.8) is 0 Å². The molecule has 8 heteroatoms. The van der Waals surface area contributed by atoms with Crippen molar-refractivity contribution in [1.82, 2.24) is 0 Å². The van der Waals surface area contributed by atoms with Gasteiger partial charge in [-0.05, 0) is 0 Å². The molecule has 0 heterocycles. The summed E-state index contributed by atoms with van der Waals surface area (Å²) >= 11 is 6.71. The molecule has 12 heavy (non-hydrogen) atoms. The molecule has 0 fully saturated rings. The zero-order valence-electron chi connectivity index (χ0n) is 6.36. The quantitative estimate of drug-likeness (QED) is 0.401. The molecule has 4 nitrogen and oxygen atoms in total. The van der Waals surface area contributed by atoms with Gasteiger partial charge >= 0.3 is 75.5 Å². The Bertz CT molecular complexity index is 108. The van der Waals surface area contributed by atoms with Crippen LogP contribution >= 0.6 is 25.3 Å². The Morgan fingerprint density at radius 3 is 1.00 bits per heavy atom. The van der Waals surface area contributed by atoms with Crippen molar-refractivity contribution in [3.05, 3.63) is 0 Å². The van der Waals surface area contributed by atoms with E-state index in [4.69, 9.17) is 0 Å². The Balaban J connectivity index is -0.0000000457. The van der Waals surface area contributed by atoms with Crippen LogP contribution in [0.4, 0.5) is 0 Å². The summed E-state index contributed by atoms with van der Waals surface area (Å²) in [5.41, 5.74) is 0. The number of hydrogen-bond acceptors (Lipinski definition) is 6. The Morgan fingerprint density at radius 1 is 0.917 bits per heavy atom. The molecule has 0 aromatic heterocycles. The summed E-state index contributed by atoms with van der Waals surface area (Å²) in [6.07, 6.45) is 0. The minimum absolute atomic E-state index is 0. The zero-order valence-corrected chi connectivity index (χ0v) is 12.6. The summed E-state index contributed by atoms with van der Waals surface area (Å²) in [5.74, 6) is -2.65. The van der Waals surface area contributed by atoms with Crippen LogP contribution in [0.3, 0.4) is 0 Å². The van der Waals surface area contributed by atoms with Crippen molar-refractivity contribution in [2.45, 2.75) is 0 Å². The molecule has 0 aromatic rings. The molecule has 0 atom stereocenters. The molecule has 0 radical (unpaired) electrons. The number of aliphatic carboxylic acids is 2. The molecule has 0 amide bonds. The van der Waals surface area contributed by atoms with E-state index in [-0.39, 0.29) is 87.0 Å². The van der Waals surface area contributed by atoms with Crippen LogP contribution in [-0.2, 0) is 9.59 Å². The Kier molecular flexibility index (Phi) is 37.3. The molecule has 0 spiro atoms. The normalized spacial score (nSPS) is 6.17. The van der Waals surface area contributed by atoms with E-state index < -0.39 is 11.9 Å². The van der Waals surface area contributed by atoms with Gasteiger partial charge < -0.3 is 19.8 Å². The van der Waals surface area contributed by atoms with Crippen LogP contribution in [0.5, 0.6) is 0 Å². The molecule has 0 unspecified atom stereocenters. The maximum Gasteiger partial charge on any atom is 2.00 e. The standard InChI is InChI=1S/2C2H4O2S.2Ca/c2*3-2(4)1-5;;/h2*5H,1H2,(H,3,4);;/q;;2*+2/p-2. The summed E-state index contributed by atoms with van der Waals surface area (Å²) < 4.78 is 0. The predicted molar refractivity (Wildman–Crippen MR) is 49.2 cm³/mol. The van der Waals surface area contributed by atoms with Crippen molar-refractivity contribution in [1.29, 1.82) is 0 Å². The largest absolute Gasteiger partial charge is 2.00 e. The van der Waals surface area contributed by atoms with Crippen LogP contribution in [0.2, 0.25) is 0 Å². The zero-order chi connectivity index (χ0) is 8.57. The van der Waals surface area contributed by atoms with Gasteiger partial charge in [-0.25, -0.2) is 0 Å². The molecular formula is C4H6Ca2O4S2+2. The van der Waals surface area contributed by atoms with Crippen molar-refractivity contribution >= 4 is 113 Å². The Morgan fingerprint density at radius 2 is 1.00 bits per heavy atom. The summed E-state index contributed by atoms with van der Waals surface area (Å²) in [6.45, 7) is 0. The van der Waals surface area contributed by atoms with Gasteiger partial charge in [0.2, 0.25) is 0 Å². The molecule has 0 rings (SSSR count). The smallest absolute Gasteiger partial charge is 0.549 e. The van der Waals surface area contributed by atoms with Crippen molar-refractivity contribution < 1.29 is 19.8 Å². The molecule has 0 bridgehead atoms. The minimum atomic E-state index is -1.13. The molecule has 0 N–H and O–H groups in total. The molecule has 0 saturated carbocycles. The number of carbonyl (C=O) groups is 2. The second-order valence-electron chi connectivity index (χ2n) is 1.06. The number of carboxylic acids is 2. The molecule has 0 aromatic carbocycles. The Hall–Kier alpha value is 2.16. The van der Waals surface area contributed by atoms with Gasteiger partial charge in [-0.2, -0.15) is 25.3 Å². The van der Waals surface area contributed by atoms with Crippen LogP contribution in [0.15, 0.2) is 0 Å². The summed E-state index contributed by atoms with van der Waals surface area (Å²) in [4.78, 5) is 18.4. The van der Waals surface area contributed by atoms with Crippen LogP contribution in [-0.4, -0.2) is 98.9 Å². The van der Waals surface area contributed by atoms with E-state index >= 15 is 0 Å². The van der Waals surface area contributed by atoms with E-state index in [0.29, 0.717) is 0 Å². The molecule has 0 aliphatic heterocycles. The summed E-state index contributed by atoms with van der Waals surface area (Å²) in [5, 5.41) is 18.4. The van der Waals surface area contributed by atoms with E-state index in [0.717, 1.165) is 0 Å².